The van der Waals surface area contributed by atoms with Gasteiger partial charge in [-0.15, -0.1) is 0 Å². The highest BCUT2D eigenvalue weighted by Gasteiger charge is 2.35. The SMILES string of the molecule is C=CC(=O)N1CCN(c2nc(OC[C@@H]3CCCN3C)nc3c2CN(CCC2CCc4ccccc42)C3)C[C@@H]1CNC(C)=O. The lowest BCUT2D eigenvalue weighted by Crippen LogP contribution is -2.58. The molecule has 4 heterocycles. The van der Waals surface area contributed by atoms with Gasteiger partial charge >= 0.3 is 6.01 Å². The molecule has 1 aliphatic carbocycles. The number of amides is 2. The Balaban J connectivity index is 1.21. The van der Waals surface area contributed by atoms with E-state index in [0.717, 1.165) is 56.1 Å². The fourth-order valence-corrected chi connectivity index (χ4v) is 7.30. The van der Waals surface area contributed by atoms with Crippen molar-refractivity contribution in [2.75, 3.05) is 57.8 Å². The number of aromatic nitrogens is 2. The summed E-state index contributed by atoms with van der Waals surface area (Å²) in [6.45, 7) is 11.6. The number of carbonyl (C=O) groups excluding carboxylic acids is 2. The largest absolute Gasteiger partial charge is 0.462 e. The van der Waals surface area contributed by atoms with E-state index in [0.29, 0.717) is 50.8 Å². The van der Waals surface area contributed by atoms with Crippen molar-refractivity contribution in [1.82, 2.24) is 30.0 Å². The fraction of sp³-hybridized carbons (Fsp3) is 0.576. The third-order valence-electron chi connectivity index (χ3n) is 9.76. The fourth-order valence-electron chi connectivity index (χ4n) is 7.30. The number of anilines is 1. The molecule has 2 aromatic rings. The number of aryl methyl sites for hydroxylation is 1. The van der Waals surface area contributed by atoms with E-state index in [9.17, 15) is 9.59 Å². The molecule has 2 amide bonds. The molecule has 2 saturated heterocycles. The number of carbonyl (C=O) groups is 2. The average molecular weight is 588 g/mol. The van der Waals surface area contributed by atoms with E-state index in [4.69, 9.17) is 14.7 Å². The van der Waals surface area contributed by atoms with Crippen LogP contribution in [0, 0.1) is 0 Å². The summed E-state index contributed by atoms with van der Waals surface area (Å²) in [5.74, 6) is 1.27. The van der Waals surface area contributed by atoms with Gasteiger partial charge in [0.15, 0.2) is 0 Å². The molecule has 0 radical (unpaired) electrons. The number of likely N-dealkylation sites (N-methyl/N-ethyl adjacent to an activating group) is 1. The van der Waals surface area contributed by atoms with Crippen LogP contribution in [0.15, 0.2) is 36.9 Å². The standard InChI is InChI=1S/C33H45N7O3/c1-4-31(42)40-17-16-39(19-27(40)18-34-23(2)41)32-29-20-38(15-13-25-12-11-24-8-5-6-10-28(24)25)21-30(29)35-33(36-32)43-22-26-9-7-14-37(26)3/h4-6,8,10,25-27H,1,7,9,11-22H2,2-3H3,(H,34,41)/t25?,26-,27-/m0/s1. The van der Waals surface area contributed by atoms with Gasteiger partial charge in [0.2, 0.25) is 11.8 Å². The van der Waals surface area contributed by atoms with Gasteiger partial charge in [0, 0.05) is 57.8 Å². The lowest BCUT2D eigenvalue weighted by molar-refractivity contribution is -0.129. The molecular formula is C33H45N7O3. The van der Waals surface area contributed by atoms with Crippen molar-refractivity contribution in [1.29, 1.82) is 0 Å². The maximum absolute atomic E-state index is 12.7. The van der Waals surface area contributed by atoms with Crippen LogP contribution >= 0.6 is 0 Å². The summed E-state index contributed by atoms with van der Waals surface area (Å²) in [5, 5.41) is 2.91. The van der Waals surface area contributed by atoms with E-state index in [1.54, 1.807) is 4.90 Å². The Labute approximate surface area is 255 Å². The zero-order chi connectivity index (χ0) is 29.9. The quantitative estimate of drug-likeness (QED) is 0.425. The van der Waals surface area contributed by atoms with E-state index in [1.807, 2.05) is 0 Å². The lowest BCUT2D eigenvalue weighted by Gasteiger charge is -2.42. The molecule has 0 saturated carbocycles. The zero-order valence-corrected chi connectivity index (χ0v) is 25.6. The summed E-state index contributed by atoms with van der Waals surface area (Å²) in [7, 11) is 2.15. The van der Waals surface area contributed by atoms with Crippen LogP contribution in [0.4, 0.5) is 5.82 Å². The van der Waals surface area contributed by atoms with Crippen molar-refractivity contribution in [3.63, 3.8) is 0 Å². The lowest BCUT2D eigenvalue weighted by atomic mass is 9.98. The summed E-state index contributed by atoms with van der Waals surface area (Å²) in [4.78, 5) is 43.3. The molecule has 3 atom stereocenters. The zero-order valence-electron chi connectivity index (χ0n) is 25.6. The van der Waals surface area contributed by atoms with Crippen LogP contribution in [-0.4, -0.2) is 101 Å². The first-order valence-electron chi connectivity index (χ1n) is 15.8. The van der Waals surface area contributed by atoms with Gasteiger partial charge in [0.25, 0.3) is 0 Å². The summed E-state index contributed by atoms with van der Waals surface area (Å²) >= 11 is 0. The highest BCUT2D eigenvalue weighted by atomic mass is 16.5. The molecule has 0 bridgehead atoms. The smallest absolute Gasteiger partial charge is 0.318 e. The first-order valence-corrected chi connectivity index (χ1v) is 15.8. The monoisotopic (exact) mass is 587 g/mol. The Bertz CT molecular complexity index is 1350. The molecular weight excluding hydrogens is 542 g/mol. The summed E-state index contributed by atoms with van der Waals surface area (Å²) in [6.07, 6.45) is 7.19. The predicted molar refractivity (Wildman–Crippen MR) is 166 cm³/mol. The van der Waals surface area contributed by atoms with Crippen molar-refractivity contribution in [3.8, 4) is 6.01 Å². The van der Waals surface area contributed by atoms with Gasteiger partial charge < -0.3 is 24.8 Å². The molecule has 1 unspecified atom stereocenters. The minimum Gasteiger partial charge on any atom is -0.462 e. The molecule has 1 aromatic carbocycles. The van der Waals surface area contributed by atoms with E-state index in [2.05, 4.69) is 57.9 Å². The number of nitrogens with zero attached hydrogens (tertiary/aromatic N) is 6. The number of rotatable bonds is 10. The Morgan fingerprint density at radius 3 is 2.77 bits per heavy atom. The molecule has 0 spiro atoms. The molecule has 10 heteroatoms. The molecule has 43 heavy (non-hydrogen) atoms. The summed E-state index contributed by atoms with van der Waals surface area (Å²) < 4.78 is 6.27. The maximum atomic E-state index is 12.7. The van der Waals surface area contributed by atoms with E-state index in [-0.39, 0.29) is 17.9 Å². The van der Waals surface area contributed by atoms with Gasteiger partial charge in [-0.1, -0.05) is 30.8 Å². The molecule has 230 valence electrons. The molecule has 2 fully saturated rings. The van der Waals surface area contributed by atoms with Crippen molar-refractivity contribution in [3.05, 3.63) is 59.3 Å². The van der Waals surface area contributed by atoms with Crippen LogP contribution in [-0.2, 0) is 29.1 Å². The number of nitrogens with one attached hydrogen (secondary N) is 1. The summed E-state index contributed by atoms with van der Waals surface area (Å²) in [5.41, 5.74) is 5.21. The number of hydrogen-bond donors (Lipinski definition) is 1. The number of benzene rings is 1. The second-order valence-corrected chi connectivity index (χ2v) is 12.5. The number of likely N-dealkylation sites (tertiary alicyclic amines) is 1. The molecule has 10 nitrogen and oxygen atoms in total. The topological polar surface area (TPSA) is 94.1 Å². The molecule has 4 aliphatic rings. The van der Waals surface area contributed by atoms with Gasteiger partial charge in [0.1, 0.15) is 12.4 Å². The molecule has 3 aliphatic heterocycles. The maximum Gasteiger partial charge on any atom is 0.318 e. The predicted octanol–water partition coefficient (Wildman–Crippen LogP) is 2.72. The van der Waals surface area contributed by atoms with Gasteiger partial charge in [-0.3, -0.25) is 14.5 Å². The molecule has 6 rings (SSSR count). The van der Waals surface area contributed by atoms with Crippen molar-refractivity contribution < 1.29 is 14.3 Å². The van der Waals surface area contributed by atoms with Crippen LogP contribution in [0.2, 0.25) is 0 Å². The second kappa shape index (κ2) is 13.0. The minimum atomic E-state index is -0.190. The highest BCUT2D eigenvalue weighted by molar-refractivity contribution is 5.87. The number of fused-ring (bicyclic) bond motifs is 2. The van der Waals surface area contributed by atoms with Crippen LogP contribution in [0.1, 0.15) is 60.9 Å². The van der Waals surface area contributed by atoms with Gasteiger partial charge in [-0.25, -0.2) is 0 Å². The first kappa shape index (κ1) is 29.6. The number of piperazine rings is 1. The van der Waals surface area contributed by atoms with Crippen LogP contribution < -0.4 is 15.0 Å². The van der Waals surface area contributed by atoms with Crippen LogP contribution in [0.25, 0.3) is 0 Å². The summed E-state index contributed by atoms with van der Waals surface area (Å²) in [6, 6.07) is 9.51. The van der Waals surface area contributed by atoms with Crippen LogP contribution in [0.5, 0.6) is 6.01 Å². The minimum absolute atomic E-state index is 0.112. The second-order valence-electron chi connectivity index (χ2n) is 12.5. The van der Waals surface area contributed by atoms with Crippen molar-refractivity contribution in [2.45, 2.75) is 70.1 Å². The Morgan fingerprint density at radius 2 is 1.98 bits per heavy atom. The van der Waals surface area contributed by atoms with Gasteiger partial charge in [-0.05, 0) is 75.4 Å². The third kappa shape index (κ3) is 6.55. The Kier molecular flexibility index (Phi) is 8.95. The highest BCUT2D eigenvalue weighted by Crippen LogP contribution is 2.37. The van der Waals surface area contributed by atoms with E-state index in [1.165, 1.54) is 43.4 Å². The van der Waals surface area contributed by atoms with Crippen LogP contribution in [0.3, 0.4) is 0 Å². The van der Waals surface area contributed by atoms with Crippen molar-refractivity contribution >= 4 is 17.6 Å². The van der Waals surface area contributed by atoms with E-state index < -0.39 is 0 Å². The number of ether oxygens (including phenoxy) is 1. The molecule has 1 aromatic heterocycles. The Hall–Kier alpha value is -3.50. The normalized spacial score (nSPS) is 23.7. The van der Waals surface area contributed by atoms with Gasteiger partial charge in [0.05, 0.1) is 11.7 Å². The van der Waals surface area contributed by atoms with E-state index >= 15 is 0 Å². The number of hydrogen-bond acceptors (Lipinski definition) is 8. The Morgan fingerprint density at radius 1 is 1.12 bits per heavy atom. The third-order valence-corrected chi connectivity index (χ3v) is 9.76. The average Bonchev–Trinajstić information content (AvgIpc) is 3.74. The molecule has 1 N–H and O–H groups in total. The first-order chi connectivity index (χ1) is 20.9. The van der Waals surface area contributed by atoms with Gasteiger partial charge in [-0.2, -0.15) is 9.97 Å². The van der Waals surface area contributed by atoms with Crippen molar-refractivity contribution in [2.24, 2.45) is 0 Å².